The first-order valence-electron chi connectivity index (χ1n) is 11.0. The largest absolute Gasteiger partial charge is 0.497 e. The number of hydrogen-bond donors (Lipinski definition) is 2. The van der Waals surface area contributed by atoms with Gasteiger partial charge in [-0.3, -0.25) is 4.79 Å². The minimum atomic E-state index is 0.00390. The Morgan fingerprint density at radius 3 is 2.50 bits per heavy atom. The van der Waals surface area contributed by atoms with Gasteiger partial charge in [-0.2, -0.15) is 0 Å². The summed E-state index contributed by atoms with van der Waals surface area (Å²) in [6.45, 7) is 4.62. The van der Waals surface area contributed by atoms with Crippen molar-refractivity contribution in [3.63, 3.8) is 0 Å². The van der Waals surface area contributed by atoms with Gasteiger partial charge in [0.05, 0.1) is 20.2 Å². The van der Waals surface area contributed by atoms with Gasteiger partial charge >= 0.3 is 0 Å². The monoisotopic (exact) mass is 438 g/mol. The molecular weight excluding hydrogens is 404 g/mol. The highest BCUT2D eigenvalue weighted by Crippen LogP contribution is 2.18. The first-order chi connectivity index (χ1) is 15.4. The molecule has 1 aromatic heterocycles. The van der Waals surface area contributed by atoms with E-state index < -0.39 is 0 Å². The smallest absolute Gasteiger partial charge is 0.241 e. The van der Waals surface area contributed by atoms with Crippen molar-refractivity contribution >= 4 is 17.7 Å². The molecule has 8 heteroatoms. The first kappa shape index (κ1) is 23.4. The predicted molar refractivity (Wildman–Crippen MR) is 128 cm³/mol. The molecule has 1 aliphatic rings. The molecule has 2 heterocycles. The lowest BCUT2D eigenvalue weighted by Gasteiger charge is -2.34. The number of carbonyl (C=O) groups is 1. The lowest BCUT2D eigenvalue weighted by molar-refractivity contribution is -0.127. The van der Waals surface area contributed by atoms with Gasteiger partial charge in [0.25, 0.3) is 0 Å². The molecular formula is C24H34N6O2. The van der Waals surface area contributed by atoms with Gasteiger partial charge in [0.15, 0.2) is 5.96 Å². The number of methoxy groups -OCH3 is 1. The number of aliphatic imine (C=N–C) groups is 1. The first-order valence-corrected chi connectivity index (χ1v) is 11.0. The number of rotatable bonds is 7. The molecule has 0 saturated carbocycles. The van der Waals surface area contributed by atoms with Crippen LogP contribution >= 0.6 is 0 Å². The van der Waals surface area contributed by atoms with Crippen molar-refractivity contribution in [3.8, 4) is 5.75 Å². The fourth-order valence-electron chi connectivity index (χ4n) is 3.46. The number of amides is 1. The summed E-state index contributed by atoms with van der Waals surface area (Å²) in [6, 6.07) is 12.3. The van der Waals surface area contributed by atoms with Gasteiger partial charge in [-0.1, -0.05) is 18.2 Å². The highest BCUT2D eigenvalue weighted by molar-refractivity contribution is 5.86. The summed E-state index contributed by atoms with van der Waals surface area (Å²) in [6.07, 6.45) is 3.86. The highest BCUT2D eigenvalue weighted by atomic mass is 16.5. The molecule has 1 saturated heterocycles. The summed E-state index contributed by atoms with van der Waals surface area (Å²) in [5, 5.41) is 6.71. The number of hydrogen-bond acceptors (Lipinski definition) is 5. The molecule has 172 valence electrons. The van der Waals surface area contributed by atoms with E-state index in [-0.39, 0.29) is 18.5 Å². The second-order valence-corrected chi connectivity index (χ2v) is 8.25. The summed E-state index contributed by atoms with van der Waals surface area (Å²) in [5.41, 5.74) is 2.24. The molecule has 8 nitrogen and oxygen atoms in total. The van der Waals surface area contributed by atoms with E-state index in [0.29, 0.717) is 12.5 Å². The second-order valence-electron chi connectivity index (χ2n) is 8.25. The normalized spacial score (nSPS) is 14.8. The van der Waals surface area contributed by atoms with Gasteiger partial charge in [-0.15, -0.1) is 0 Å². The lowest BCUT2D eigenvalue weighted by Crippen LogP contribution is -2.50. The van der Waals surface area contributed by atoms with Crippen LogP contribution in [0.1, 0.15) is 24.0 Å². The summed E-state index contributed by atoms with van der Waals surface area (Å²) in [4.78, 5) is 25.2. The van der Waals surface area contributed by atoms with E-state index in [0.717, 1.165) is 43.1 Å². The van der Waals surface area contributed by atoms with Crippen LogP contribution in [0.25, 0.3) is 0 Å². The fourth-order valence-corrected chi connectivity index (χ4v) is 3.46. The van der Waals surface area contributed by atoms with Crippen molar-refractivity contribution in [2.75, 3.05) is 45.7 Å². The molecule has 2 aromatic rings. The molecule has 0 unspecified atom stereocenters. The number of guanidine groups is 1. The van der Waals surface area contributed by atoms with Crippen LogP contribution in [-0.2, 0) is 11.3 Å². The Bertz CT molecular complexity index is 888. The number of nitrogens with zero attached hydrogens (tertiary/aromatic N) is 4. The van der Waals surface area contributed by atoms with E-state index in [9.17, 15) is 4.79 Å². The zero-order valence-corrected chi connectivity index (χ0v) is 19.5. The van der Waals surface area contributed by atoms with Crippen molar-refractivity contribution in [3.05, 3.63) is 53.7 Å². The topological polar surface area (TPSA) is 82.1 Å². The Morgan fingerprint density at radius 2 is 1.91 bits per heavy atom. The van der Waals surface area contributed by atoms with Crippen molar-refractivity contribution in [2.24, 2.45) is 4.99 Å². The van der Waals surface area contributed by atoms with Gasteiger partial charge in [-0.25, -0.2) is 9.98 Å². The van der Waals surface area contributed by atoms with Crippen LogP contribution in [0.3, 0.4) is 0 Å². The molecule has 1 aromatic carbocycles. The van der Waals surface area contributed by atoms with E-state index >= 15 is 0 Å². The Balaban J connectivity index is 1.59. The Kier molecular flexibility index (Phi) is 8.30. The summed E-state index contributed by atoms with van der Waals surface area (Å²) in [5.74, 6) is 2.50. The maximum atomic E-state index is 12.1. The highest BCUT2D eigenvalue weighted by Gasteiger charge is 2.21. The maximum Gasteiger partial charge on any atom is 0.241 e. The van der Waals surface area contributed by atoms with E-state index in [1.165, 1.54) is 5.56 Å². The number of aryl methyl sites for hydroxylation is 1. The third-order valence-electron chi connectivity index (χ3n) is 5.54. The van der Waals surface area contributed by atoms with Gasteiger partial charge in [0, 0.05) is 39.4 Å². The SMILES string of the molecule is COc1ccc(CN=C(NCC(=O)N(C)C)NC2CCN(c3ccc(C)cn3)CC2)cc1. The molecule has 32 heavy (non-hydrogen) atoms. The van der Waals surface area contributed by atoms with Crippen molar-refractivity contribution < 1.29 is 9.53 Å². The predicted octanol–water partition coefficient (Wildman–Crippen LogP) is 2.19. The lowest BCUT2D eigenvalue weighted by atomic mass is 10.1. The summed E-state index contributed by atoms with van der Waals surface area (Å²) >= 11 is 0. The molecule has 0 aliphatic carbocycles. The van der Waals surface area contributed by atoms with E-state index in [1.807, 2.05) is 37.4 Å². The Labute approximate surface area is 190 Å². The van der Waals surface area contributed by atoms with Crippen LogP contribution in [0.15, 0.2) is 47.6 Å². The minimum Gasteiger partial charge on any atom is -0.497 e. The summed E-state index contributed by atoms with van der Waals surface area (Å²) < 4.78 is 5.22. The minimum absolute atomic E-state index is 0.00390. The van der Waals surface area contributed by atoms with Gasteiger partial charge < -0.3 is 25.2 Å². The van der Waals surface area contributed by atoms with Crippen LogP contribution in [0.2, 0.25) is 0 Å². The second kappa shape index (κ2) is 11.4. The number of likely N-dealkylation sites (N-methyl/N-ethyl adjacent to an activating group) is 1. The fraction of sp³-hybridized carbons (Fsp3) is 0.458. The molecule has 0 bridgehead atoms. The maximum absolute atomic E-state index is 12.1. The number of pyridine rings is 1. The average molecular weight is 439 g/mol. The van der Waals surface area contributed by atoms with E-state index in [1.54, 1.807) is 26.1 Å². The van der Waals surface area contributed by atoms with Crippen LogP contribution in [0, 0.1) is 6.92 Å². The van der Waals surface area contributed by atoms with E-state index in [2.05, 4.69) is 32.7 Å². The van der Waals surface area contributed by atoms with Crippen molar-refractivity contribution in [1.82, 2.24) is 20.5 Å². The zero-order chi connectivity index (χ0) is 22.9. The number of ether oxygens (including phenoxy) is 1. The molecule has 0 spiro atoms. The zero-order valence-electron chi connectivity index (χ0n) is 19.5. The molecule has 1 amide bonds. The van der Waals surface area contributed by atoms with Crippen LogP contribution in [0.4, 0.5) is 5.82 Å². The van der Waals surface area contributed by atoms with Crippen molar-refractivity contribution in [2.45, 2.75) is 32.4 Å². The van der Waals surface area contributed by atoms with Crippen LogP contribution in [0.5, 0.6) is 5.75 Å². The molecule has 0 atom stereocenters. The molecule has 3 rings (SSSR count). The molecule has 2 N–H and O–H groups in total. The molecule has 1 aliphatic heterocycles. The molecule has 0 radical (unpaired) electrons. The van der Waals surface area contributed by atoms with Gasteiger partial charge in [0.1, 0.15) is 11.6 Å². The Hall–Kier alpha value is -3.29. The van der Waals surface area contributed by atoms with Crippen LogP contribution in [-0.4, -0.2) is 68.6 Å². The number of piperidine rings is 1. The van der Waals surface area contributed by atoms with Crippen molar-refractivity contribution in [1.29, 1.82) is 0 Å². The quantitative estimate of drug-likeness (QED) is 0.509. The van der Waals surface area contributed by atoms with Gasteiger partial charge in [0.2, 0.25) is 5.91 Å². The standard InChI is InChI=1S/C24H34N6O2/c1-18-5-10-22(25-15-18)30-13-11-20(12-14-30)28-24(27-17-23(31)29(2)3)26-16-19-6-8-21(32-4)9-7-19/h5-10,15,20H,11-14,16-17H2,1-4H3,(H2,26,27,28). The third kappa shape index (κ3) is 6.87. The van der Waals surface area contributed by atoms with Gasteiger partial charge in [-0.05, 0) is 49.1 Å². The number of nitrogens with one attached hydrogen (secondary N) is 2. The molecule has 1 fully saturated rings. The van der Waals surface area contributed by atoms with Crippen LogP contribution < -0.4 is 20.3 Å². The summed E-state index contributed by atoms with van der Waals surface area (Å²) in [7, 11) is 5.15. The third-order valence-corrected chi connectivity index (χ3v) is 5.54. The number of anilines is 1. The van der Waals surface area contributed by atoms with E-state index in [4.69, 9.17) is 9.73 Å². The number of carbonyl (C=O) groups excluding carboxylic acids is 1. The Morgan fingerprint density at radius 1 is 1.19 bits per heavy atom. The average Bonchev–Trinajstić information content (AvgIpc) is 2.82. The number of aromatic nitrogens is 1. The number of benzene rings is 1.